The lowest BCUT2D eigenvalue weighted by Crippen LogP contribution is -2.46. The largest absolute Gasteiger partial charge is 0.325 e. The number of urea groups is 1. The van der Waals surface area contributed by atoms with E-state index < -0.39 is 17.5 Å². The van der Waals surface area contributed by atoms with Crippen LogP contribution in [-0.2, 0) is 9.59 Å². The Balaban J connectivity index is 1.34. The average molecular weight is 391 g/mol. The van der Waals surface area contributed by atoms with E-state index in [4.69, 9.17) is 0 Å². The van der Waals surface area contributed by atoms with Gasteiger partial charge in [0.05, 0.1) is 11.4 Å². The Morgan fingerprint density at radius 1 is 1.07 bits per heavy atom. The molecule has 2 aromatic carbocycles. The van der Waals surface area contributed by atoms with Gasteiger partial charge in [0.2, 0.25) is 5.91 Å². The molecule has 8 heteroatoms. The Hall–Kier alpha value is -3.55. The van der Waals surface area contributed by atoms with Crippen LogP contribution in [0.15, 0.2) is 64.8 Å². The summed E-state index contributed by atoms with van der Waals surface area (Å²) in [7, 11) is 0. The number of benzene rings is 2. The number of carbonyl (C=O) groups is 3. The Labute approximate surface area is 168 Å². The Bertz CT molecular complexity index is 970. The number of amides is 4. The number of nitrogens with one attached hydrogen (secondary N) is 2. The number of imide groups is 1. The summed E-state index contributed by atoms with van der Waals surface area (Å²) in [6.07, 6.45) is 1.83. The zero-order valence-electron chi connectivity index (χ0n) is 16.0. The summed E-state index contributed by atoms with van der Waals surface area (Å²) < 4.78 is 0. The van der Waals surface area contributed by atoms with Crippen LogP contribution in [0.3, 0.4) is 0 Å². The normalized spacial score (nSPS) is 21.5. The van der Waals surface area contributed by atoms with E-state index in [0.717, 1.165) is 23.4 Å². The molecule has 0 aromatic heterocycles. The molecule has 0 radical (unpaired) electrons. The summed E-state index contributed by atoms with van der Waals surface area (Å²) in [6.45, 7) is 1.41. The Morgan fingerprint density at radius 3 is 2.31 bits per heavy atom. The van der Waals surface area contributed by atoms with Crippen LogP contribution in [0.1, 0.15) is 19.8 Å². The molecule has 1 aliphatic carbocycles. The molecule has 2 aromatic rings. The predicted octanol–water partition coefficient (Wildman–Crippen LogP) is 3.76. The van der Waals surface area contributed by atoms with E-state index in [-0.39, 0.29) is 18.4 Å². The van der Waals surface area contributed by atoms with Gasteiger partial charge in [0.25, 0.3) is 5.91 Å². The number of rotatable bonds is 6. The lowest BCUT2D eigenvalue weighted by molar-refractivity contribution is -0.134. The molecule has 2 aliphatic rings. The van der Waals surface area contributed by atoms with Crippen molar-refractivity contribution in [1.82, 2.24) is 10.2 Å². The van der Waals surface area contributed by atoms with Crippen LogP contribution in [0, 0.1) is 5.92 Å². The molecule has 1 saturated heterocycles. The molecule has 0 spiro atoms. The highest BCUT2D eigenvalue weighted by Crippen LogP contribution is 2.42. The highest BCUT2D eigenvalue weighted by Gasteiger charge is 2.56. The Morgan fingerprint density at radius 2 is 1.69 bits per heavy atom. The first-order valence-corrected chi connectivity index (χ1v) is 9.46. The van der Waals surface area contributed by atoms with E-state index in [2.05, 4.69) is 20.9 Å². The molecule has 148 valence electrons. The quantitative estimate of drug-likeness (QED) is 0.579. The molecule has 4 amide bonds. The SMILES string of the molecule is CC1(C2CC2)NC(=O)N(CC(=O)Nc2ccc(N=Nc3ccccc3)cc2)C1=O. The van der Waals surface area contributed by atoms with Crippen LogP contribution >= 0.6 is 0 Å². The zero-order valence-corrected chi connectivity index (χ0v) is 16.0. The molecule has 8 nitrogen and oxygen atoms in total. The Kier molecular flexibility index (Phi) is 4.84. The first-order chi connectivity index (χ1) is 14.0. The highest BCUT2D eigenvalue weighted by atomic mass is 16.2. The van der Waals surface area contributed by atoms with Gasteiger partial charge in [-0.3, -0.25) is 14.5 Å². The minimum Gasteiger partial charge on any atom is -0.325 e. The van der Waals surface area contributed by atoms with Crippen LogP contribution in [-0.4, -0.2) is 34.8 Å². The van der Waals surface area contributed by atoms with Crippen LogP contribution in [0.4, 0.5) is 21.9 Å². The number of anilines is 1. The van der Waals surface area contributed by atoms with Crippen molar-refractivity contribution in [2.45, 2.75) is 25.3 Å². The van der Waals surface area contributed by atoms with Crippen molar-refractivity contribution in [3.63, 3.8) is 0 Å². The molecule has 2 N–H and O–H groups in total. The molecular formula is C21H21N5O3. The number of hydrogen-bond acceptors (Lipinski definition) is 5. The minimum atomic E-state index is -0.886. The lowest BCUT2D eigenvalue weighted by Gasteiger charge is -2.20. The number of nitrogens with zero attached hydrogens (tertiary/aromatic N) is 3. The third-order valence-electron chi connectivity index (χ3n) is 5.18. The summed E-state index contributed by atoms with van der Waals surface area (Å²) in [5.74, 6) is -0.617. The number of carbonyl (C=O) groups excluding carboxylic acids is 3. The van der Waals surface area contributed by atoms with Gasteiger partial charge in [0.15, 0.2) is 0 Å². The maximum Gasteiger partial charge on any atom is 0.325 e. The smallest absolute Gasteiger partial charge is 0.325 e. The lowest BCUT2D eigenvalue weighted by atomic mass is 9.96. The predicted molar refractivity (Wildman–Crippen MR) is 107 cm³/mol. The molecule has 1 saturated carbocycles. The van der Waals surface area contributed by atoms with E-state index in [1.807, 2.05) is 30.3 Å². The summed E-state index contributed by atoms with van der Waals surface area (Å²) >= 11 is 0. The fourth-order valence-corrected chi connectivity index (χ4v) is 3.36. The standard InChI is InChI=1S/C21H21N5O3/c1-21(14-7-8-14)19(28)26(20(29)23-21)13-18(27)22-15-9-11-17(12-10-15)25-24-16-5-3-2-4-6-16/h2-6,9-12,14H,7-8,13H2,1H3,(H,22,27)(H,23,29). The fraction of sp³-hybridized carbons (Fsp3) is 0.286. The number of azo groups is 1. The molecule has 1 atom stereocenters. The molecule has 4 rings (SSSR count). The summed E-state index contributed by atoms with van der Waals surface area (Å²) in [4.78, 5) is 38.0. The van der Waals surface area contributed by atoms with Crippen LogP contribution in [0.5, 0.6) is 0 Å². The molecule has 1 heterocycles. The first kappa shape index (κ1) is 18.8. The van der Waals surface area contributed by atoms with Gasteiger partial charge in [0.1, 0.15) is 12.1 Å². The fourth-order valence-electron chi connectivity index (χ4n) is 3.36. The zero-order chi connectivity index (χ0) is 20.4. The van der Waals surface area contributed by atoms with Gasteiger partial charge in [-0.2, -0.15) is 10.2 Å². The second kappa shape index (κ2) is 7.46. The average Bonchev–Trinajstić information content (AvgIpc) is 3.54. The highest BCUT2D eigenvalue weighted by molar-refractivity contribution is 6.10. The van der Waals surface area contributed by atoms with Crippen LogP contribution in [0.25, 0.3) is 0 Å². The monoisotopic (exact) mass is 391 g/mol. The van der Waals surface area contributed by atoms with Crippen molar-refractivity contribution in [3.8, 4) is 0 Å². The summed E-state index contributed by atoms with van der Waals surface area (Å²) in [6, 6.07) is 15.7. The molecular weight excluding hydrogens is 370 g/mol. The molecule has 0 bridgehead atoms. The van der Waals surface area contributed by atoms with Crippen molar-refractivity contribution in [1.29, 1.82) is 0 Å². The van der Waals surface area contributed by atoms with Gasteiger partial charge in [-0.05, 0) is 62.1 Å². The third kappa shape index (κ3) is 4.01. The van der Waals surface area contributed by atoms with E-state index in [1.54, 1.807) is 31.2 Å². The van der Waals surface area contributed by atoms with Crippen molar-refractivity contribution in [2.75, 3.05) is 11.9 Å². The maximum atomic E-state index is 12.6. The van der Waals surface area contributed by atoms with E-state index >= 15 is 0 Å². The van der Waals surface area contributed by atoms with Crippen molar-refractivity contribution >= 4 is 34.9 Å². The summed E-state index contributed by atoms with van der Waals surface area (Å²) in [5.41, 5.74) is 1.05. The van der Waals surface area contributed by atoms with E-state index in [1.165, 1.54) is 0 Å². The van der Waals surface area contributed by atoms with Crippen LogP contribution < -0.4 is 10.6 Å². The summed E-state index contributed by atoms with van der Waals surface area (Å²) in [5, 5.41) is 13.7. The van der Waals surface area contributed by atoms with Gasteiger partial charge in [-0.15, -0.1) is 0 Å². The van der Waals surface area contributed by atoms with Crippen molar-refractivity contribution < 1.29 is 14.4 Å². The molecule has 1 aliphatic heterocycles. The van der Waals surface area contributed by atoms with Gasteiger partial charge < -0.3 is 10.6 Å². The maximum absolute atomic E-state index is 12.6. The molecule has 2 fully saturated rings. The topological polar surface area (TPSA) is 103 Å². The third-order valence-corrected chi connectivity index (χ3v) is 5.18. The second-order valence-corrected chi connectivity index (χ2v) is 7.43. The van der Waals surface area contributed by atoms with Gasteiger partial charge in [-0.1, -0.05) is 18.2 Å². The van der Waals surface area contributed by atoms with Crippen LogP contribution in [0.2, 0.25) is 0 Å². The van der Waals surface area contributed by atoms with E-state index in [0.29, 0.717) is 11.4 Å². The first-order valence-electron chi connectivity index (χ1n) is 9.46. The van der Waals surface area contributed by atoms with Gasteiger partial charge >= 0.3 is 6.03 Å². The van der Waals surface area contributed by atoms with Gasteiger partial charge in [0, 0.05) is 5.69 Å². The minimum absolute atomic E-state index is 0.157. The van der Waals surface area contributed by atoms with Crippen molar-refractivity contribution in [3.05, 3.63) is 54.6 Å². The van der Waals surface area contributed by atoms with Crippen molar-refractivity contribution in [2.24, 2.45) is 16.1 Å². The molecule has 1 unspecified atom stereocenters. The van der Waals surface area contributed by atoms with Gasteiger partial charge in [-0.25, -0.2) is 4.79 Å². The van der Waals surface area contributed by atoms with E-state index in [9.17, 15) is 14.4 Å². The second-order valence-electron chi connectivity index (χ2n) is 7.43. The molecule has 29 heavy (non-hydrogen) atoms. The number of hydrogen-bond donors (Lipinski definition) is 2.